The van der Waals surface area contributed by atoms with Crippen molar-refractivity contribution in [3.8, 4) is 0 Å². The summed E-state index contributed by atoms with van der Waals surface area (Å²) in [6, 6.07) is 0. The largest absolute Gasteiger partial charge is 1.00 e. The number of rotatable bonds is 2. The molecule has 2 aliphatic rings. The van der Waals surface area contributed by atoms with Crippen LogP contribution < -0.4 is 39.6 Å². The number of anilines is 1. The van der Waals surface area contributed by atoms with Gasteiger partial charge >= 0.3 is 29.6 Å². The molecular weight excluding hydrogens is 233 g/mol. The number of carbonyl (C=O) groups is 1. The second-order valence-corrected chi connectivity index (χ2v) is 4.40. The van der Waals surface area contributed by atoms with Crippen LogP contribution in [-0.2, 0) is 4.74 Å². The van der Waals surface area contributed by atoms with Crippen LogP contribution in [0.5, 0.6) is 0 Å². The standard InChI is InChI=1S/C10H11N3O3.Na/c14-9(15)7-1-12-8(2-11-7)13-3-10(4-13)5-16-6-10;/h1-2H,3-6H2,(H,14,15);/q;+1/p-1. The molecule has 0 amide bonds. The minimum absolute atomic E-state index is 0. The first kappa shape index (κ1) is 12.8. The van der Waals surface area contributed by atoms with Crippen LogP contribution in [0.3, 0.4) is 0 Å². The van der Waals surface area contributed by atoms with Crippen LogP contribution >= 0.6 is 0 Å². The minimum Gasteiger partial charge on any atom is -0.543 e. The number of ether oxygens (including phenoxy) is 1. The van der Waals surface area contributed by atoms with Crippen molar-refractivity contribution >= 4 is 11.8 Å². The van der Waals surface area contributed by atoms with Gasteiger partial charge in [0.1, 0.15) is 11.5 Å². The van der Waals surface area contributed by atoms with E-state index in [1.807, 2.05) is 0 Å². The van der Waals surface area contributed by atoms with Crippen LogP contribution in [-0.4, -0.2) is 42.2 Å². The monoisotopic (exact) mass is 243 g/mol. The molecule has 0 aromatic carbocycles. The summed E-state index contributed by atoms with van der Waals surface area (Å²) in [7, 11) is 0. The fraction of sp³-hybridized carbons (Fsp3) is 0.500. The van der Waals surface area contributed by atoms with Crippen LogP contribution in [0.1, 0.15) is 10.5 Å². The van der Waals surface area contributed by atoms with E-state index in [-0.39, 0.29) is 35.3 Å². The van der Waals surface area contributed by atoms with Gasteiger partial charge in [-0.1, -0.05) is 0 Å². The second kappa shape index (κ2) is 4.53. The Morgan fingerprint density at radius 2 is 2.06 bits per heavy atom. The van der Waals surface area contributed by atoms with Crippen molar-refractivity contribution in [2.24, 2.45) is 5.41 Å². The van der Waals surface area contributed by atoms with Crippen molar-refractivity contribution in [3.63, 3.8) is 0 Å². The van der Waals surface area contributed by atoms with Gasteiger partial charge in [-0.25, -0.2) is 9.97 Å². The maximum absolute atomic E-state index is 10.5. The van der Waals surface area contributed by atoms with Crippen molar-refractivity contribution in [2.45, 2.75) is 0 Å². The Balaban J connectivity index is 0.00000108. The molecule has 2 saturated heterocycles. The molecule has 0 N–H and O–H groups in total. The smallest absolute Gasteiger partial charge is 0.543 e. The van der Waals surface area contributed by atoms with Crippen molar-refractivity contribution in [1.29, 1.82) is 0 Å². The van der Waals surface area contributed by atoms with E-state index in [1.54, 1.807) is 0 Å². The Labute approximate surface area is 120 Å². The Morgan fingerprint density at radius 3 is 2.47 bits per heavy atom. The molecule has 1 aromatic rings. The molecule has 2 aliphatic heterocycles. The summed E-state index contributed by atoms with van der Waals surface area (Å²) in [4.78, 5) is 20.4. The Bertz CT molecular complexity index is 425. The molecule has 3 rings (SSSR count). The molecule has 0 atom stereocenters. The van der Waals surface area contributed by atoms with Gasteiger partial charge in [0.15, 0.2) is 0 Å². The summed E-state index contributed by atoms with van der Waals surface area (Å²) >= 11 is 0. The molecule has 0 saturated carbocycles. The molecule has 0 bridgehead atoms. The first-order valence-corrected chi connectivity index (χ1v) is 5.05. The predicted molar refractivity (Wildman–Crippen MR) is 51.8 cm³/mol. The molecule has 2 fully saturated rings. The van der Waals surface area contributed by atoms with E-state index in [0.717, 1.165) is 26.3 Å². The van der Waals surface area contributed by atoms with E-state index < -0.39 is 5.97 Å². The molecular formula is C10H10N3NaO3. The van der Waals surface area contributed by atoms with E-state index >= 15 is 0 Å². The number of hydrogen-bond acceptors (Lipinski definition) is 6. The third kappa shape index (κ3) is 2.18. The van der Waals surface area contributed by atoms with E-state index in [4.69, 9.17) is 4.74 Å². The molecule has 6 nitrogen and oxygen atoms in total. The zero-order valence-corrected chi connectivity index (χ0v) is 11.5. The van der Waals surface area contributed by atoms with Gasteiger partial charge in [-0.15, -0.1) is 0 Å². The summed E-state index contributed by atoms with van der Waals surface area (Å²) in [5.74, 6) is -0.589. The maximum atomic E-state index is 10.5. The van der Waals surface area contributed by atoms with Gasteiger partial charge in [-0.2, -0.15) is 0 Å². The van der Waals surface area contributed by atoms with Crippen molar-refractivity contribution < 1.29 is 44.2 Å². The summed E-state index contributed by atoms with van der Waals surface area (Å²) < 4.78 is 5.17. The topological polar surface area (TPSA) is 78.4 Å². The van der Waals surface area contributed by atoms with E-state index in [0.29, 0.717) is 11.2 Å². The predicted octanol–water partition coefficient (Wildman–Crippen LogP) is -4.32. The van der Waals surface area contributed by atoms with Gasteiger partial charge < -0.3 is 19.5 Å². The second-order valence-electron chi connectivity index (χ2n) is 4.40. The molecule has 17 heavy (non-hydrogen) atoms. The number of nitrogens with zero attached hydrogens (tertiary/aromatic N) is 3. The summed E-state index contributed by atoms with van der Waals surface area (Å²) in [6.45, 7) is 3.45. The van der Waals surface area contributed by atoms with Gasteiger partial charge in [0.2, 0.25) is 0 Å². The Kier molecular flexibility index (Phi) is 3.40. The summed E-state index contributed by atoms with van der Waals surface area (Å²) in [5, 5.41) is 10.5. The third-order valence-electron chi connectivity index (χ3n) is 3.04. The molecule has 3 heterocycles. The molecule has 1 spiro atoms. The summed E-state index contributed by atoms with van der Waals surface area (Å²) in [6.07, 6.45) is 2.70. The SMILES string of the molecule is O=C([O-])c1cnc(N2CC3(COC3)C2)cn1.[Na+]. The number of aromatic carboxylic acids is 1. The Hall–Kier alpha value is -0.690. The number of aromatic nitrogens is 2. The van der Waals surface area contributed by atoms with Gasteiger partial charge in [0.25, 0.3) is 0 Å². The molecule has 1 aromatic heterocycles. The fourth-order valence-electron chi connectivity index (χ4n) is 2.09. The van der Waals surface area contributed by atoms with Crippen LogP contribution in [0, 0.1) is 5.41 Å². The first-order chi connectivity index (χ1) is 7.69. The van der Waals surface area contributed by atoms with E-state index in [2.05, 4.69) is 14.9 Å². The molecule has 0 radical (unpaired) electrons. The third-order valence-corrected chi connectivity index (χ3v) is 3.04. The average Bonchev–Trinajstić information content (AvgIpc) is 2.14. The van der Waals surface area contributed by atoms with Gasteiger partial charge in [0, 0.05) is 13.1 Å². The maximum Gasteiger partial charge on any atom is 1.00 e. The number of carboxylic acids is 1. The Morgan fingerprint density at radius 1 is 1.35 bits per heavy atom. The summed E-state index contributed by atoms with van der Waals surface area (Å²) in [5.41, 5.74) is 0.181. The van der Waals surface area contributed by atoms with Crippen LogP contribution in [0.25, 0.3) is 0 Å². The van der Waals surface area contributed by atoms with Crippen molar-refractivity contribution in [1.82, 2.24) is 9.97 Å². The molecule has 0 aliphatic carbocycles. The van der Waals surface area contributed by atoms with E-state index in [1.165, 1.54) is 12.4 Å². The minimum atomic E-state index is -1.30. The molecule has 0 unspecified atom stereocenters. The van der Waals surface area contributed by atoms with Crippen LogP contribution in [0.4, 0.5) is 5.82 Å². The number of carboxylic acid groups (broad SMARTS) is 1. The zero-order valence-electron chi connectivity index (χ0n) is 9.55. The van der Waals surface area contributed by atoms with Gasteiger partial charge in [-0.3, -0.25) is 0 Å². The first-order valence-electron chi connectivity index (χ1n) is 5.05. The zero-order chi connectivity index (χ0) is 11.2. The number of carbonyl (C=O) groups excluding carboxylic acids is 1. The normalized spacial score (nSPS) is 20.1. The van der Waals surface area contributed by atoms with Crippen molar-refractivity contribution in [3.05, 3.63) is 18.1 Å². The van der Waals surface area contributed by atoms with Crippen LogP contribution in [0.2, 0.25) is 0 Å². The number of hydrogen-bond donors (Lipinski definition) is 0. The fourth-order valence-corrected chi connectivity index (χ4v) is 2.09. The average molecular weight is 243 g/mol. The van der Waals surface area contributed by atoms with Crippen molar-refractivity contribution in [2.75, 3.05) is 31.2 Å². The van der Waals surface area contributed by atoms with E-state index in [9.17, 15) is 9.90 Å². The molecule has 84 valence electrons. The quantitative estimate of drug-likeness (QED) is 0.489. The van der Waals surface area contributed by atoms with Gasteiger partial charge in [0.05, 0.1) is 37.0 Å². The molecule has 7 heteroatoms. The van der Waals surface area contributed by atoms with Crippen LogP contribution in [0.15, 0.2) is 12.4 Å². The van der Waals surface area contributed by atoms with Gasteiger partial charge in [-0.05, 0) is 0 Å².